The molecule has 3 aromatic rings. The standard InChI is InChI=1S/C20H16O5S/c21-16-11-17(15-8-6-13(7-9-15)10-18(22)23)25-20(24)19(16)26-12-14-4-2-1-3-5-14/h1-9,11,21H,10,12H2,(H,22,23). The van der Waals surface area contributed by atoms with Crippen LogP contribution in [0.25, 0.3) is 11.3 Å². The molecule has 0 fully saturated rings. The summed E-state index contributed by atoms with van der Waals surface area (Å²) in [5, 5.41) is 19.0. The van der Waals surface area contributed by atoms with Gasteiger partial charge in [0.25, 0.3) is 0 Å². The predicted octanol–water partition coefficient (Wildman–Crippen LogP) is 3.93. The van der Waals surface area contributed by atoms with Gasteiger partial charge in [-0.3, -0.25) is 4.79 Å². The van der Waals surface area contributed by atoms with Crippen LogP contribution < -0.4 is 5.63 Å². The van der Waals surface area contributed by atoms with E-state index in [1.807, 2.05) is 30.3 Å². The van der Waals surface area contributed by atoms with Gasteiger partial charge in [0, 0.05) is 17.4 Å². The zero-order valence-corrected chi connectivity index (χ0v) is 14.5. The van der Waals surface area contributed by atoms with Crippen LogP contribution in [0.5, 0.6) is 5.75 Å². The molecule has 26 heavy (non-hydrogen) atoms. The Morgan fingerprint density at radius 1 is 1.00 bits per heavy atom. The number of carbonyl (C=O) groups is 1. The third-order valence-electron chi connectivity index (χ3n) is 3.71. The minimum Gasteiger partial charge on any atom is -0.506 e. The van der Waals surface area contributed by atoms with Gasteiger partial charge < -0.3 is 14.6 Å². The van der Waals surface area contributed by atoms with Crippen LogP contribution in [0.1, 0.15) is 11.1 Å². The van der Waals surface area contributed by atoms with Crippen molar-refractivity contribution in [1.82, 2.24) is 0 Å². The monoisotopic (exact) mass is 368 g/mol. The predicted molar refractivity (Wildman–Crippen MR) is 99.4 cm³/mol. The smallest absolute Gasteiger partial charge is 0.353 e. The molecule has 0 amide bonds. The maximum atomic E-state index is 12.2. The number of aromatic hydroxyl groups is 1. The van der Waals surface area contributed by atoms with E-state index in [2.05, 4.69) is 0 Å². The normalized spacial score (nSPS) is 10.6. The zero-order chi connectivity index (χ0) is 18.5. The summed E-state index contributed by atoms with van der Waals surface area (Å²) in [5.74, 6) is -0.269. The van der Waals surface area contributed by atoms with Crippen molar-refractivity contribution in [3.63, 3.8) is 0 Å². The van der Waals surface area contributed by atoms with Crippen LogP contribution in [-0.2, 0) is 17.0 Å². The molecule has 132 valence electrons. The van der Waals surface area contributed by atoms with E-state index in [0.29, 0.717) is 16.9 Å². The fourth-order valence-electron chi connectivity index (χ4n) is 2.44. The maximum absolute atomic E-state index is 12.2. The minimum absolute atomic E-state index is 0.0788. The van der Waals surface area contributed by atoms with Crippen LogP contribution >= 0.6 is 11.8 Å². The fraction of sp³-hybridized carbons (Fsp3) is 0.100. The number of hydrogen-bond donors (Lipinski definition) is 2. The Hall–Kier alpha value is -2.99. The largest absolute Gasteiger partial charge is 0.506 e. The van der Waals surface area contributed by atoms with Gasteiger partial charge in [0.1, 0.15) is 16.4 Å². The maximum Gasteiger partial charge on any atom is 0.353 e. The molecule has 1 heterocycles. The Kier molecular flexibility index (Phi) is 5.43. The summed E-state index contributed by atoms with van der Waals surface area (Å²) in [4.78, 5) is 23.1. The highest BCUT2D eigenvalue weighted by Crippen LogP contribution is 2.31. The van der Waals surface area contributed by atoms with Gasteiger partial charge >= 0.3 is 11.6 Å². The molecule has 0 bridgehead atoms. The van der Waals surface area contributed by atoms with E-state index >= 15 is 0 Å². The van der Waals surface area contributed by atoms with E-state index < -0.39 is 11.6 Å². The van der Waals surface area contributed by atoms with Gasteiger partial charge in [-0.2, -0.15) is 0 Å². The molecule has 0 radical (unpaired) electrons. The molecule has 0 spiro atoms. The number of aliphatic carboxylic acids is 1. The van der Waals surface area contributed by atoms with Gasteiger partial charge in [0.2, 0.25) is 0 Å². The summed E-state index contributed by atoms with van der Waals surface area (Å²) in [7, 11) is 0. The van der Waals surface area contributed by atoms with E-state index in [0.717, 1.165) is 5.56 Å². The third kappa shape index (κ3) is 4.34. The van der Waals surface area contributed by atoms with Crippen molar-refractivity contribution in [2.75, 3.05) is 0 Å². The van der Waals surface area contributed by atoms with Crippen LogP contribution in [0.3, 0.4) is 0 Å². The first kappa shape index (κ1) is 17.8. The highest BCUT2D eigenvalue weighted by molar-refractivity contribution is 7.98. The molecule has 6 heteroatoms. The van der Waals surface area contributed by atoms with Crippen molar-refractivity contribution in [3.8, 4) is 17.1 Å². The number of carboxylic acid groups (broad SMARTS) is 1. The molecule has 2 N–H and O–H groups in total. The van der Waals surface area contributed by atoms with Crippen molar-refractivity contribution < 1.29 is 19.4 Å². The van der Waals surface area contributed by atoms with E-state index in [4.69, 9.17) is 9.52 Å². The fourth-order valence-corrected chi connectivity index (χ4v) is 3.31. The Bertz CT molecular complexity index is 962. The number of rotatable bonds is 6. The van der Waals surface area contributed by atoms with Crippen molar-refractivity contribution in [2.45, 2.75) is 17.1 Å². The molecule has 5 nitrogen and oxygen atoms in total. The van der Waals surface area contributed by atoms with Crippen molar-refractivity contribution in [2.24, 2.45) is 0 Å². The molecule has 3 rings (SSSR count). The molecular formula is C20H16O5S. The molecule has 0 saturated heterocycles. The van der Waals surface area contributed by atoms with E-state index in [9.17, 15) is 14.7 Å². The topological polar surface area (TPSA) is 87.7 Å². The van der Waals surface area contributed by atoms with E-state index in [1.165, 1.54) is 17.8 Å². The number of carboxylic acids is 1. The summed E-state index contributed by atoms with van der Waals surface area (Å²) in [6, 6.07) is 17.6. The molecule has 0 unspecified atom stereocenters. The molecule has 0 aliphatic carbocycles. The lowest BCUT2D eigenvalue weighted by atomic mass is 10.1. The van der Waals surface area contributed by atoms with Crippen molar-refractivity contribution in [3.05, 3.63) is 82.2 Å². The minimum atomic E-state index is -0.915. The second kappa shape index (κ2) is 7.93. The molecule has 2 aromatic carbocycles. The SMILES string of the molecule is O=C(O)Cc1ccc(-c2cc(O)c(SCc3ccccc3)c(=O)o2)cc1. The highest BCUT2D eigenvalue weighted by atomic mass is 32.2. The summed E-state index contributed by atoms with van der Waals surface area (Å²) >= 11 is 1.22. The van der Waals surface area contributed by atoms with Crippen LogP contribution in [-0.4, -0.2) is 16.2 Å². The van der Waals surface area contributed by atoms with E-state index in [1.54, 1.807) is 24.3 Å². The lowest BCUT2D eigenvalue weighted by Gasteiger charge is -2.06. The lowest BCUT2D eigenvalue weighted by Crippen LogP contribution is -2.03. The average Bonchev–Trinajstić information content (AvgIpc) is 2.62. The average molecular weight is 368 g/mol. The van der Waals surface area contributed by atoms with Gasteiger partial charge in [-0.1, -0.05) is 54.6 Å². The van der Waals surface area contributed by atoms with Crippen LogP contribution in [0.4, 0.5) is 0 Å². The summed E-state index contributed by atoms with van der Waals surface area (Å²) in [6.07, 6.45) is -0.0788. The van der Waals surface area contributed by atoms with Gasteiger partial charge in [0.05, 0.1) is 6.42 Å². The van der Waals surface area contributed by atoms with Crippen LogP contribution in [0, 0.1) is 0 Å². The van der Waals surface area contributed by atoms with Crippen LogP contribution in [0.15, 0.2) is 74.8 Å². The van der Waals surface area contributed by atoms with Gasteiger partial charge in [-0.05, 0) is 11.1 Å². The second-order valence-corrected chi connectivity index (χ2v) is 6.64. The zero-order valence-electron chi connectivity index (χ0n) is 13.7. The Morgan fingerprint density at radius 2 is 1.69 bits per heavy atom. The second-order valence-electron chi connectivity index (χ2n) is 5.65. The van der Waals surface area contributed by atoms with Gasteiger partial charge in [-0.25, -0.2) is 4.79 Å². The van der Waals surface area contributed by atoms with Crippen LogP contribution in [0.2, 0.25) is 0 Å². The molecule has 0 aliphatic rings. The Balaban J connectivity index is 1.80. The number of benzene rings is 2. The lowest BCUT2D eigenvalue weighted by molar-refractivity contribution is -0.136. The van der Waals surface area contributed by atoms with Gasteiger partial charge in [-0.15, -0.1) is 11.8 Å². The Labute approximate surface area is 153 Å². The third-order valence-corrected chi connectivity index (χ3v) is 4.85. The first-order valence-corrected chi connectivity index (χ1v) is 8.86. The first-order chi connectivity index (χ1) is 12.5. The quantitative estimate of drug-likeness (QED) is 0.641. The highest BCUT2D eigenvalue weighted by Gasteiger charge is 2.13. The van der Waals surface area contributed by atoms with Gasteiger partial charge in [0.15, 0.2) is 0 Å². The molecule has 1 aromatic heterocycles. The molecule has 0 atom stereocenters. The molecular weight excluding hydrogens is 352 g/mol. The number of hydrogen-bond acceptors (Lipinski definition) is 5. The summed E-state index contributed by atoms with van der Waals surface area (Å²) in [5.41, 5.74) is 1.67. The van der Waals surface area contributed by atoms with Crippen molar-refractivity contribution >= 4 is 17.7 Å². The molecule has 0 aliphatic heterocycles. The van der Waals surface area contributed by atoms with E-state index in [-0.39, 0.29) is 22.8 Å². The van der Waals surface area contributed by atoms with Crippen molar-refractivity contribution in [1.29, 1.82) is 0 Å². The Morgan fingerprint density at radius 3 is 2.31 bits per heavy atom. The molecule has 0 saturated carbocycles. The first-order valence-electron chi connectivity index (χ1n) is 7.88. The summed E-state index contributed by atoms with van der Waals surface area (Å²) in [6.45, 7) is 0. The number of thioether (sulfide) groups is 1. The summed E-state index contributed by atoms with van der Waals surface area (Å²) < 4.78 is 5.33.